The lowest BCUT2D eigenvalue weighted by Gasteiger charge is -2.17. The lowest BCUT2D eigenvalue weighted by molar-refractivity contribution is 0.414. The van der Waals surface area contributed by atoms with Gasteiger partial charge in [-0.2, -0.15) is 0 Å². The molecule has 1 saturated carbocycles. The number of nitrogens with two attached hydrogens (primary N) is 1. The molecule has 0 heterocycles. The fraction of sp³-hybridized carbons (Fsp3) is 0.571. The second-order valence-electron chi connectivity index (χ2n) is 5.44. The second-order valence-corrected chi connectivity index (χ2v) is 7.18. The highest BCUT2D eigenvalue weighted by molar-refractivity contribution is 7.89. The van der Waals surface area contributed by atoms with Crippen molar-refractivity contribution < 1.29 is 12.8 Å². The van der Waals surface area contributed by atoms with Crippen LogP contribution in [0.4, 0.5) is 4.39 Å². The van der Waals surface area contributed by atoms with E-state index in [9.17, 15) is 12.8 Å². The minimum absolute atomic E-state index is 0.0412. The molecule has 112 valence electrons. The summed E-state index contributed by atoms with van der Waals surface area (Å²) in [5, 5.41) is 0. The highest BCUT2D eigenvalue weighted by Crippen LogP contribution is 2.30. The van der Waals surface area contributed by atoms with Crippen LogP contribution in [0, 0.1) is 17.7 Å². The summed E-state index contributed by atoms with van der Waals surface area (Å²) in [6.07, 6.45) is 3.32. The van der Waals surface area contributed by atoms with Crippen LogP contribution in [0.5, 0.6) is 0 Å². The third-order valence-corrected chi connectivity index (χ3v) is 5.65. The van der Waals surface area contributed by atoms with Crippen molar-refractivity contribution in [2.45, 2.75) is 37.6 Å². The van der Waals surface area contributed by atoms with Gasteiger partial charge in [0.05, 0.1) is 4.90 Å². The number of hydrogen-bond acceptors (Lipinski definition) is 3. The van der Waals surface area contributed by atoms with E-state index in [1.807, 2.05) is 0 Å². The molecule has 1 aliphatic carbocycles. The van der Waals surface area contributed by atoms with Crippen molar-refractivity contribution in [3.63, 3.8) is 0 Å². The molecule has 1 aromatic carbocycles. The Labute approximate surface area is 119 Å². The number of rotatable bonds is 5. The molecule has 6 heteroatoms. The summed E-state index contributed by atoms with van der Waals surface area (Å²) in [4.78, 5) is -0.0503. The lowest BCUT2D eigenvalue weighted by Crippen LogP contribution is -2.31. The predicted molar refractivity (Wildman–Crippen MR) is 76.0 cm³/mol. The SMILES string of the molecule is CC1CCCC1CNS(=O)(=O)c1cccc(F)c1CN. The number of benzene rings is 1. The van der Waals surface area contributed by atoms with E-state index in [1.165, 1.54) is 18.2 Å². The first-order chi connectivity index (χ1) is 9.45. The third-order valence-electron chi connectivity index (χ3n) is 4.14. The van der Waals surface area contributed by atoms with Gasteiger partial charge in [-0.3, -0.25) is 0 Å². The summed E-state index contributed by atoms with van der Waals surface area (Å²) in [6, 6.07) is 4.01. The van der Waals surface area contributed by atoms with E-state index < -0.39 is 15.8 Å². The number of halogens is 1. The first-order valence-corrected chi connectivity index (χ1v) is 8.41. The molecular weight excluding hydrogens is 279 g/mol. The van der Waals surface area contributed by atoms with Gasteiger partial charge in [0.25, 0.3) is 0 Å². The van der Waals surface area contributed by atoms with Crippen LogP contribution in [0.15, 0.2) is 23.1 Å². The molecule has 2 unspecified atom stereocenters. The van der Waals surface area contributed by atoms with Crippen LogP contribution in [0.25, 0.3) is 0 Å². The molecule has 2 atom stereocenters. The van der Waals surface area contributed by atoms with Crippen LogP contribution in [-0.2, 0) is 16.6 Å². The molecule has 0 spiro atoms. The lowest BCUT2D eigenvalue weighted by atomic mass is 9.99. The van der Waals surface area contributed by atoms with Crippen LogP contribution in [0.1, 0.15) is 31.7 Å². The Balaban J connectivity index is 2.16. The molecule has 0 aliphatic heterocycles. The zero-order valence-corrected chi connectivity index (χ0v) is 12.4. The molecule has 2 rings (SSSR count). The summed E-state index contributed by atoms with van der Waals surface area (Å²) in [5.41, 5.74) is 5.50. The molecule has 3 N–H and O–H groups in total. The van der Waals surface area contributed by atoms with Gasteiger partial charge >= 0.3 is 0 Å². The zero-order valence-electron chi connectivity index (χ0n) is 11.6. The van der Waals surface area contributed by atoms with Crippen molar-refractivity contribution in [3.8, 4) is 0 Å². The van der Waals surface area contributed by atoms with Crippen LogP contribution in [-0.4, -0.2) is 15.0 Å². The van der Waals surface area contributed by atoms with Gasteiger partial charge < -0.3 is 5.73 Å². The zero-order chi connectivity index (χ0) is 14.8. The van der Waals surface area contributed by atoms with Crippen LogP contribution < -0.4 is 10.5 Å². The summed E-state index contributed by atoms with van der Waals surface area (Å²) in [5.74, 6) is 0.309. The van der Waals surface area contributed by atoms with Gasteiger partial charge in [0.2, 0.25) is 10.0 Å². The highest BCUT2D eigenvalue weighted by Gasteiger charge is 2.26. The minimum atomic E-state index is -3.71. The summed E-state index contributed by atoms with van der Waals surface area (Å²) < 4.78 is 40.8. The van der Waals surface area contributed by atoms with E-state index in [-0.39, 0.29) is 17.0 Å². The van der Waals surface area contributed by atoms with E-state index in [0.717, 1.165) is 19.3 Å². The van der Waals surface area contributed by atoms with Gasteiger partial charge in [-0.15, -0.1) is 0 Å². The highest BCUT2D eigenvalue weighted by atomic mass is 32.2. The third kappa shape index (κ3) is 3.19. The molecule has 0 bridgehead atoms. The average Bonchev–Trinajstić information content (AvgIpc) is 2.82. The maximum absolute atomic E-state index is 13.6. The fourth-order valence-electron chi connectivity index (χ4n) is 2.81. The molecule has 4 nitrogen and oxygen atoms in total. The molecule has 1 aromatic rings. The van der Waals surface area contributed by atoms with Crippen molar-refractivity contribution >= 4 is 10.0 Å². The summed E-state index contributed by atoms with van der Waals surface area (Å²) in [7, 11) is -3.71. The minimum Gasteiger partial charge on any atom is -0.326 e. The second kappa shape index (κ2) is 6.20. The first-order valence-electron chi connectivity index (χ1n) is 6.93. The average molecular weight is 300 g/mol. The summed E-state index contributed by atoms with van der Waals surface area (Å²) >= 11 is 0. The normalized spacial score (nSPS) is 23.1. The Kier molecular flexibility index (Phi) is 4.78. The van der Waals surface area contributed by atoms with Crippen LogP contribution in [0.3, 0.4) is 0 Å². The molecular formula is C14H21FN2O2S. The Bertz CT molecular complexity index is 575. The Morgan fingerprint density at radius 2 is 2.15 bits per heavy atom. The quantitative estimate of drug-likeness (QED) is 0.873. The Hall–Kier alpha value is -0.980. The van der Waals surface area contributed by atoms with E-state index in [4.69, 9.17) is 5.73 Å². The number of nitrogens with one attached hydrogen (secondary N) is 1. The smallest absolute Gasteiger partial charge is 0.241 e. The molecule has 0 amide bonds. The summed E-state index contributed by atoms with van der Waals surface area (Å²) in [6.45, 7) is 2.41. The Morgan fingerprint density at radius 3 is 2.75 bits per heavy atom. The van der Waals surface area contributed by atoms with Crippen LogP contribution >= 0.6 is 0 Å². The number of sulfonamides is 1. The van der Waals surface area contributed by atoms with Crippen molar-refractivity contribution in [1.82, 2.24) is 4.72 Å². The molecule has 0 radical (unpaired) electrons. The van der Waals surface area contributed by atoms with E-state index in [0.29, 0.717) is 18.4 Å². The van der Waals surface area contributed by atoms with Crippen LogP contribution in [0.2, 0.25) is 0 Å². The van der Waals surface area contributed by atoms with Gasteiger partial charge in [0.15, 0.2) is 0 Å². The molecule has 20 heavy (non-hydrogen) atoms. The molecule has 0 saturated heterocycles. The molecule has 0 aromatic heterocycles. The van der Waals surface area contributed by atoms with E-state index >= 15 is 0 Å². The van der Waals surface area contributed by atoms with Gasteiger partial charge in [0, 0.05) is 18.7 Å². The monoisotopic (exact) mass is 300 g/mol. The standard InChI is InChI=1S/C14H21FN2O2S/c1-10-4-2-5-11(10)9-17-20(18,19)14-7-3-6-13(15)12(14)8-16/h3,6-7,10-11,17H,2,4-5,8-9,16H2,1H3. The van der Waals surface area contributed by atoms with E-state index in [1.54, 1.807) is 0 Å². The van der Waals surface area contributed by atoms with Crippen molar-refractivity contribution in [2.75, 3.05) is 6.54 Å². The van der Waals surface area contributed by atoms with E-state index in [2.05, 4.69) is 11.6 Å². The van der Waals surface area contributed by atoms with Gasteiger partial charge in [-0.05, 0) is 30.4 Å². The van der Waals surface area contributed by atoms with Crippen molar-refractivity contribution in [1.29, 1.82) is 0 Å². The predicted octanol–water partition coefficient (Wildman–Crippen LogP) is 2.00. The first kappa shape index (κ1) is 15.4. The van der Waals surface area contributed by atoms with Gasteiger partial charge in [-0.1, -0.05) is 25.8 Å². The van der Waals surface area contributed by atoms with Gasteiger partial charge in [-0.25, -0.2) is 17.5 Å². The number of hydrogen-bond donors (Lipinski definition) is 2. The Morgan fingerprint density at radius 1 is 1.40 bits per heavy atom. The van der Waals surface area contributed by atoms with Gasteiger partial charge in [0.1, 0.15) is 5.82 Å². The molecule has 1 aliphatic rings. The molecule has 1 fully saturated rings. The van der Waals surface area contributed by atoms with Crippen molar-refractivity contribution in [3.05, 3.63) is 29.6 Å². The topological polar surface area (TPSA) is 72.2 Å². The maximum Gasteiger partial charge on any atom is 0.241 e. The largest absolute Gasteiger partial charge is 0.326 e. The maximum atomic E-state index is 13.6. The van der Waals surface area contributed by atoms with Crippen molar-refractivity contribution in [2.24, 2.45) is 17.6 Å². The fourth-order valence-corrected chi connectivity index (χ4v) is 4.16.